The summed E-state index contributed by atoms with van der Waals surface area (Å²) in [5.41, 5.74) is 0.909. The summed E-state index contributed by atoms with van der Waals surface area (Å²) in [6.07, 6.45) is 0. The van der Waals surface area contributed by atoms with E-state index in [0.29, 0.717) is 11.1 Å². The SMILES string of the molecule is Cc1ccccc1C(=O)NC(=O)Nc1ccc(S(=O)(=O)NC(=O)c2ccc([N+](=O)[O-])cc2)cc1. The molecule has 0 fully saturated rings. The maximum atomic E-state index is 12.5. The second-order valence-electron chi connectivity index (χ2n) is 6.99. The predicted molar refractivity (Wildman–Crippen MR) is 122 cm³/mol. The van der Waals surface area contributed by atoms with Gasteiger partial charge in [0.1, 0.15) is 0 Å². The van der Waals surface area contributed by atoms with Gasteiger partial charge in [0.2, 0.25) is 0 Å². The quantitative estimate of drug-likeness (QED) is 0.359. The number of non-ortho nitro benzene ring substituents is 1. The summed E-state index contributed by atoms with van der Waals surface area (Å²) < 4.78 is 26.8. The van der Waals surface area contributed by atoms with Crippen LogP contribution in [-0.4, -0.2) is 31.2 Å². The van der Waals surface area contributed by atoms with Crippen LogP contribution in [0.4, 0.5) is 16.2 Å². The Labute approximate surface area is 194 Å². The van der Waals surface area contributed by atoms with Crippen LogP contribution in [0.3, 0.4) is 0 Å². The minimum Gasteiger partial charge on any atom is -0.308 e. The standard InChI is InChI=1S/C22H18N4O7S/c1-14-4-2-3-5-19(14)21(28)24-22(29)23-16-8-12-18(13-9-16)34(32,33)25-20(27)15-6-10-17(11-7-15)26(30)31/h2-13H,1H3,(H,25,27)(H2,23,24,28,29). The average molecular weight is 482 g/mol. The van der Waals surface area contributed by atoms with E-state index in [1.807, 2.05) is 4.72 Å². The number of aryl methyl sites for hydroxylation is 1. The normalized spacial score (nSPS) is 10.7. The van der Waals surface area contributed by atoms with Crippen molar-refractivity contribution in [2.75, 3.05) is 5.32 Å². The second kappa shape index (κ2) is 9.92. The Bertz CT molecular complexity index is 1370. The number of carbonyl (C=O) groups is 3. The number of hydrogen-bond acceptors (Lipinski definition) is 7. The zero-order valence-corrected chi connectivity index (χ0v) is 18.5. The smallest absolute Gasteiger partial charge is 0.308 e. The lowest BCUT2D eigenvalue weighted by molar-refractivity contribution is -0.384. The number of imide groups is 1. The molecule has 0 unspecified atom stereocenters. The molecule has 3 aromatic carbocycles. The number of nitrogens with zero attached hydrogens (tertiary/aromatic N) is 1. The third kappa shape index (κ3) is 5.81. The Morgan fingerprint density at radius 1 is 0.853 bits per heavy atom. The van der Waals surface area contributed by atoms with Crippen LogP contribution in [0.15, 0.2) is 77.7 Å². The molecule has 0 saturated carbocycles. The number of nitrogens with one attached hydrogen (secondary N) is 3. The molecule has 34 heavy (non-hydrogen) atoms. The molecular formula is C22H18N4O7S. The fourth-order valence-electron chi connectivity index (χ4n) is 2.85. The molecular weight excluding hydrogens is 464 g/mol. The topological polar surface area (TPSA) is 165 Å². The molecule has 0 bridgehead atoms. The van der Waals surface area contributed by atoms with Gasteiger partial charge in [0.25, 0.3) is 27.5 Å². The number of urea groups is 1. The summed E-state index contributed by atoms with van der Waals surface area (Å²) >= 11 is 0. The largest absolute Gasteiger partial charge is 0.326 e. The molecule has 0 saturated heterocycles. The van der Waals surface area contributed by atoms with Crippen molar-refractivity contribution in [3.8, 4) is 0 Å². The predicted octanol–water partition coefficient (Wildman–Crippen LogP) is 2.98. The van der Waals surface area contributed by atoms with Crippen molar-refractivity contribution in [1.82, 2.24) is 10.0 Å². The maximum Gasteiger partial charge on any atom is 0.326 e. The first kappa shape index (κ1) is 24.1. The zero-order valence-electron chi connectivity index (χ0n) is 17.6. The van der Waals surface area contributed by atoms with Gasteiger partial charge in [-0.15, -0.1) is 0 Å². The monoisotopic (exact) mass is 482 g/mol. The van der Waals surface area contributed by atoms with E-state index in [1.165, 1.54) is 12.1 Å². The van der Waals surface area contributed by atoms with Gasteiger partial charge in [-0.2, -0.15) is 0 Å². The first-order valence-electron chi connectivity index (χ1n) is 9.66. The Hall–Kier alpha value is -4.58. The van der Waals surface area contributed by atoms with E-state index in [9.17, 15) is 32.9 Å². The first-order chi connectivity index (χ1) is 16.1. The molecule has 0 aliphatic carbocycles. The first-order valence-corrected chi connectivity index (χ1v) is 11.1. The molecule has 3 rings (SSSR count). The average Bonchev–Trinajstić information content (AvgIpc) is 2.79. The molecule has 3 aromatic rings. The highest BCUT2D eigenvalue weighted by molar-refractivity contribution is 7.90. The molecule has 0 heterocycles. The van der Waals surface area contributed by atoms with Crippen LogP contribution in [0.1, 0.15) is 26.3 Å². The molecule has 0 atom stereocenters. The highest BCUT2D eigenvalue weighted by Crippen LogP contribution is 2.16. The number of nitro benzene ring substituents is 1. The molecule has 3 N–H and O–H groups in total. The van der Waals surface area contributed by atoms with E-state index in [0.717, 1.165) is 36.4 Å². The third-order valence-corrected chi connectivity index (χ3v) is 5.95. The lowest BCUT2D eigenvalue weighted by Gasteiger charge is -2.10. The van der Waals surface area contributed by atoms with Gasteiger partial charge in [-0.25, -0.2) is 17.9 Å². The minimum atomic E-state index is -4.26. The summed E-state index contributed by atoms with van der Waals surface area (Å²) in [5, 5.41) is 15.3. The van der Waals surface area contributed by atoms with E-state index < -0.39 is 32.8 Å². The Morgan fingerprint density at radius 3 is 2.06 bits per heavy atom. The zero-order chi connectivity index (χ0) is 24.9. The number of sulfonamides is 1. The summed E-state index contributed by atoms with van der Waals surface area (Å²) in [4.78, 5) is 46.3. The van der Waals surface area contributed by atoms with E-state index in [2.05, 4.69) is 10.6 Å². The van der Waals surface area contributed by atoms with Crippen LogP contribution >= 0.6 is 0 Å². The van der Waals surface area contributed by atoms with Crippen molar-refractivity contribution in [2.45, 2.75) is 11.8 Å². The number of rotatable bonds is 6. The molecule has 0 radical (unpaired) electrons. The van der Waals surface area contributed by atoms with E-state index >= 15 is 0 Å². The van der Waals surface area contributed by atoms with Crippen LogP contribution in [0, 0.1) is 17.0 Å². The van der Waals surface area contributed by atoms with Crippen LogP contribution in [0.25, 0.3) is 0 Å². The number of hydrogen-bond donors (Lipinski definition) is 3. The fourth-order valence-corrected chi connectivity index (χ4v) is 3.83. The summed E-state index contributed by atoms with van der Waals surface area (Å²) in [5.74, 6) is -1.56. The Kier molecular flexibility index (Phi) is 7.02. The van der Waals surface area contributed by atoms with Gasteiger partial charge >= 0.3 is 6.03 Å². The molecule has 11 nitrogen and oxygen atoms in total. The molecule has 174 valence electrons. The van der Waals surface area contributed by atoms with Crippen molar-refractivity contribution < 1.29 is 27.7 Å². The Balaban J connectivity index is 1.63. The molecule has 0 aliphatic heterocycles. The summed E-state index contributed by atoms with van der Waals surface area (Å²) in [6, 6.07) is 15.2. The van der Waals surface area contributed by atoms with Crippen molar-refractivity contribution >= 4 is 39.2 Å². The van der Waals surface area contributed by atoms with Gasteiger partial charge in [-0.1, -0.05) is 18.2 Å². The minimum absolute atomic E-state index is 0.0811. The van der Waals surface area contributed by atoms with Gasteiger partial charge in [-0.3, -0.25) is 25.0 Å². The highest BCUT2D eigenvalue weighted by atomic mass is 32.2. The second-order valence-corrected chi connectivity index (χ2v) is 8.67. The molecule has 0 aromatic heterocycles. The number of carbonyl (C=O) groups excluding carboxylic acids is 3. The van der Waals surface area contributed by atoms with Crippen LogP contribution < -0.4 is 15.4 Å². The van der Waals surface area contributed by atoms with Crippen LogP contribution in [0.5, 0.6) is 0 Å². The number of anilines is 1. The maximum absolute atomic E-state index is 12.5. The van der Waals surface area contributed by atoms with Crippen molar-refractivity contribution in [3.63, 3.8) is 0 Å². The number of amides is 4. The van der Waals surface area contributed by atoms with Gasteiger partial charge in [0.15, 0.2) is 0 Å². The molecule has 0 aliphatic rings. The van der Waals surface area contributed by atoms with Crippen molar-refractivity contribution in [3.05, 3.63) is 99.6 Å². The molecule has 0 spiro atoms. The Morgan fingerprint density at radius 2 is 1.47 bits per heavy atom. The van der Waals surface area contributed by atoms with Gasteiger partial charge in [0.05, 0.1) is 9.82 Å². The van der Waals surface area contributed by atoms with Crippen molar-refractivity contribution in [2.24, 2.45) is 0 Å². The van der Waals surface area contributed by atoms with Crippen molar-refractivity contribution in [1.29, 1.82) is 0 Å². The molecule has 4 amide bonds. The van der Waals surface area contributed by atoms with Gasteiger partial charge in [-0.05, 0) is 55.0 Å². The van der Waals surface area contributed by atoms with E-state index in [-0.39, 0.29) is 21.8 Å². The van der Waals surface area contributed by atoms with E-state index in [4.69, 9.17) is 0 Å². The number of nitro groups is 1. The fraction of sp³-hybridized carbons (Fsp3) is 0.0455. The van der Waals surface area contributed by atoms with E-state index in [1.54, 1.807) is 31.2 Å². The lowest BCUT2D eigenvalue weighted by atomic mass is 10.1. The summed E-state index contributed by atoms with van der Waals surface area (Å²) in [6.45, 7) is 1.73. The lowest BCUT2D eigenvalue weighted by Crippen LogP contribution is -2.34. The summed E-state index contributed by atoms with van der Waals surface area (Å²) in [7, 11) is -4.26. The highest BCUT2D eigenvalue weighted by Gasteiger charge is 2.20. The third-order valence-electron chi connectivity index (χ3n) is 4.61. The van der Waals surface area contributed by atoms with Crippen LogP contribution in [0.2, 0.25) is 0 Å². The van der Waals surface area contributed by atoms with Gasteiger partial charge in [0, 0.05) is 28.9 Å². The van der Waals surface area contributed by atoms with Gasteiger partial charge < -0.3 is 5.32 Å². The molecule has 12 heteroatoms. The number of benzene rings is 3. The van der Waals surface area contributed by atoms with Crippen LogP contribution in [-0.2, 0) is 10.0 Å².